The van der Waals surface area contributed by atoms with E-state index in [0.717, 1.165) is 0 Å². The number of carboxylic acids is 1. The van der Waals surface area contributed by atoms with E-state index >= 15 is 0 Å². The molecule has 17 heavy (non-hydrogen) atoms. The largest absolute Gasteiger partial charge is 0.481 e. The molecule has 1 fully saturated rings. The highest BCUT2D eigenvalue weighted by molar-refractivity contribution is 5.81. The molecule has 1 N–H and O–H groups in total. The number of piperidine rings is 1. The van der Waals surface area contributed by atoms with Crippen molar-refractivity contribution in [2.45, 2.75) is 18.9 Å². The van der Waals surface area contributed by atoms with Gasteiger partial charge in [-0.25, -0.2) is 4.98 Å². The Morgan fingerprint density at radius 3 is 2.76 bits per heavy atom. The van der Waals surface area contributed by atoms with Crippen molar-refractivity contribution in [3.05, 3.63) is 18.2 Å². The monoisotopic (exact) mass is 237 g/mol. The Bertz CT molecular complexity index is 455. The van der Waals surface area contributed by atoms with Gasteiger partial charge in [-0.1, -0.05) is 0 Å². The molecular formula is C11H15N3O3. The number of amides is 1. The smallest absolute Gasteiger partial charge is 0.309 e. The summed E-state index contributed by atoms with van der Waals surface area (Å²) in [5, 5.41) is 9.23. The van der Waals surface area contributed by atoms with Crippen LogP contribution in [0, 0.1) is 5.92 Å². The van der Waals surface area contributed by atoms with E-state index in [1.54, 1.807) is 31.1 Å². The number of imidazole rings is 1. The lowest BCUT2D eigenvalue weighted by molar-refractivity contribution is -0.151. The number of hydrogen-bond donors (Lipinski definition) is 1. The Balaban J connectivity index is 2.40. The standard InChI is InChI=1S/C11H15N3O3/c1-13-6-5-12-10(13)9-7(11(16)17)3-4-8(15)14(9)2/h5-7,9H,3-4H2,1-2H3,(H,16,17)/t7-,9-/m0/s1. The van der Waals surface area contributed by atoms with Crippen LogP contribution in [0.25, 0.3) is 0 Å². The normalized spacial score (nSPS) is 25.1. The third-order valence-corrected chi connectivity index (χ3v) is 3.30. The van der Waals surface area contributed by atoms with Crippen molar-refractivity contribution in [1.29, 1.82) is 0 Å². The number of nitrogens with zero attached hydrogens (tertiary/aromatic N) is 3. The Labute approximate surface area is 98.9 Å². The number of rotatable bonds is 2. The zero-order chi connectivity index (χ0) is 12.6. The molecule has 6 nitrogen and oxygen atoms in total. The summed E-state index contributed by atoms with van der Waals surface area (Å²) in [6, 6.07) is -0.478. The van der Waals surface area contributed by atoms with Crippen LogP contribution in [0.4, 0.5) is 0 Å². The van der Waals surface area contributed by atoms with Gasteiger partial charge in [0.1, 0.15) is 11.9 Å². The van der Waals surface area contributed by atoms with E-state index in [0.29, 0.717) is 12.2 Å². The predicted molar refractivity (Wildman–Crippen MR) is 59.1 cm³/mol. The van der Waals surface area contributed by atoms with Crippen LogP contribution in [0.5, 0.6) is 0 Å². The Morgan fingerprint density at radius 2 is 2.24 bits per heavy atom. The van der Waals surface area contributed by atoms with E-state index in [9.17, 15) is 14.7 Å². The molecule has 0 bridgehead atoms. The van der Waals surface area contributed by atoms with Gasteiger partial charge in [-0.15, -0.1) is 0 Å². The molecular weight excluding hydrogens is 222 g/mol. The highest BCUT2D eigenvalue weighted by Gasteiger charge is 2.40. The van der Waals surface area contributed by atoms with Crippen LogP contribution >= 0.6 is 0 Å². The van der Waals surface area contributed by atoms with Crippen LogP contribution in [-0.2, 0) is 16.6 Å². The average Bonchev–Trinajstić information content (AvgIpc) is 2.68. The summed E-state index contributed by atoms with van der Waals surface area (Å²) < 4.78 is 1.76. The molecule has 1 aromatic rings. The summed E-state index contributed by atoms with van der Waals surface area (Å²) in [6.45, 7) is 0. The second kappa shape index (κ2) is 4.20. The fraction of sp³-hybridized carbons (Fsp3) is 0.545. The number of carbonyl (C=O) groups is 2. The molecule has 0 spiro atoms. The highest BCUT2D eigenvalue weighted by Crippen LogP contribution is 2.34. The topological polar surface area (TPSA) is 75.4 Å². The van der Waals surface area contributed by atoms with Crippen molar-refractivity contribution < 1.29 is 14.7 Å². The minimum Gasteiger partial charge on any atom is -0.481 e. The molecule has 2 rings (SSSR count). The fourth-order valence-corrected chi connectivity index (χ4v) is 2.31. The van der Waals surface area contributed by atoms with Gasteiger partial charge in [0.2, 0.25) is 5.91 Å². The lowest BCUT2D eigenvalue weighted by Gasteiger charge is -2.36. The van der Waals surface area contributed by atoms with Crippen molar-refractivity contribution >= 4 is 11.9 Å². The zero-order valence-electron chi connectivity index (χ0n) is 9.83. The summed E-state index contributed by atoms with van der Waals surface area (Å²) in [6.07, 6.45) is 4.02. The number of likely N-dealkylation sites (tertiary alicyclic amines) is 1. The zero-order valence-corrected chi connectivity index (χ0v) is 9.83. The Morgan fingerprint density at radius 1 is 1.53 bits per heavy atom. The number of carboxylic acid groups (broad SMARTS) is 1. The number of carbonyl (C=O) groups excluding carboxylic acids is 1. The summed E-state index contributed by atoms with van der Waals surface area (Å²) >= 11 is 0. The van der Waals surface area contributed by atoms with E-state index in [4.69, 9.17) is 0 Å². The number of hydrogen-bond acceptors (Lipinski definition) is 3. The molecule has 1 aliphatic heterocycles. The lowest BCUT2D eigenvalue weighted by Crippen LogP contribution is -2.44. The molecule has 6 heteroatoms. The van der Waals surface area contributed by atoms with Crippen LogP contribution in [0.3, 0.4) is 0 Å². The van der Waals surface area contributed by atoms with Gasteiger partial charge in [-0.05, 0) is 6.42 Å². The second-order valence-corrected chi connectivity index (χ2v) is 4.33. The van der Waals surface area contributed by atoms with E-state index < -0.39 is 17.9 Å². The molecule has 1 aliphatic rings. The summed E-state index contributed by atoms with van der Waals surface area (Å²) in [7, 11) is 3.44. The average molecular weight is 237 g/mol. The van der Waals surface area contributed by atoms with Crippen molar-refractivity contribution in [3.63, 3.8) is 0 Å². The van der Waals surface area contributed by atoms with Crippen molar-refractivity contribution in [1.82, 2.24) is 14.5 Å². The maximum Gasteiger partial charge on any atom is 0.309 e. The van der Waals surface area contributed by atoms with E-state index in [1.807, 2.05) is 0 Å². The summed E-state index contributed by atoms with van der Waals surface area (Å²) in [4.78, 5) is 28.6. The fourth-order valence-electron chi connectivity index (χ4n) is 2.31. The molecule has 1 amide bonds. The van der Waals surface area contributed by atoms with Gasteiger partial charge in [0, 0.05) is 32.9 Å². The Hall–Kier alpha value is -1.85. The first-order valence-corrected chi connectivity index (χ1v) is 5.48. The molecule has 2 atom stereocenters. The van der Waals surface area contributed by atoms with Gasteiger partial charge in [0.25, 0.3) is 0 Å². The van der Waals surface area contributed by atoms with Gasteiger partial charge in [0.05, 0.1) is 5.92 Å². The van der Waals surface area contributed by atoms with Gasteiger partial charge in [-0.2, -0.15) is 0 Å². The summed E-state index contributed by atoms with van der Waals surface area (Å²) in [5.74, 6) is -0.875. The number of aliphatic carboxylic acids is 1. The summed E-state index contributed by atoms with van der Waals surface area (Å²) in [5.41, 5.74) is 0. The van der Waals surface area contributed by atoms with E-state index in [1.165, 1.54) is 4.90 Å². The SMILES string of the molecule is CN1C(=O)CC[C@H](C(=O)O)[C@H]1c1nccn1C. The van der Waals surface area contributed by atoms with E-state index in [-0.39, 0.29) is 12.3 Å². The first-order chi connectivity index (χ1) is 8.02. The lowest BCUT2D eigenvalue weighted by atomic mass is 9.88. The first kappa shape index (κ1) is 11.6. The number of aryl methyl sites for hydroxylation is 1. The molecule has 1 aromatic heterocycles. The second-order valence-electron chi connectivity index (χ2n) is 4.33. The van der Waals surface area contributed by atoms with Crippen molar-refractivity contribution in [2.75, 3.05) is 7.05 Å². The van der Waals surface area contributed by atoms with Crippen molar-refractivity contribution in [3.8, 4) is 0 Å². The van der Waals surface area contributed by atoms with Crippen molar-refractivity contribution in [2.24, 2.45) is 13.0 Å². The third-order valence-electron chi connectivity index (χ3n) is 3.30. The molecule has 0 aromatic carbocycles. The maximum absolute atomic E-state index is 11.7. The molecule has 0 unspecified atom stereocenters. The molecule has 2 heterocycles. The number of aromatic nitrogens is 2. The molecule has 0 radical (unpaired) electrons. The highest BCUT2D eigenvalue weighted by atomic mass is 16.4. The van der Waals surface area contributed by atoms with Crippen LogP contribution in [0.2, 0.25) is 0 Å². The van der Waals surface area contributed by atoms with Gasteiger partial charge in [0.15, 0.2) is 0 Å². The van der Waals surface area contributed by atoms with Gasteiger partial charge in [-0.3, -0.25) is 9.59 Å². The minimum atomic E-state index is -0.877. The van der Waals surface area contributed by atoms with E-state index in [2.05, 4.69) is 4.98 Å². The quantitative estimate of drug-likeness (QED) is 0.808. The Kier molecular flexibility index (Phi) is 2.87. The van der Waals surface area contributed by atoms with Gasteiger partial charge < -0.3 is 14.6 Å². The van der Waals surface area contributed by atoms with Crippen LogP contribution in [-0.4, -0.2) is 38.5 Å². The predicted octanol–water partition coefficient (Wildman–Crippen LogP) is 0.414. The van der Waals surface area contributed by atoms with Crippen LogP contribution in [0.1, 0.15) is 24.7 Å². The maximum atomic E-state index is 11.7. The van der Waals surface area contributed by atoms with Gasteiger partial charge >= 0.3 is 5.97 Å². The first-order valence-electron chi connectivity index (χ1n) is 5.48. The molecule has 92 valence electrons. The molecule has 0 saturated carbocycles. The third kappa shape index (κ3) is 1.90. The minimum absolute atomic E-state index is 0.0319. The molecule has 1 saturated heterocycles. The molecule has 0 aliphatic carbocycles. The van der Waals surface area contributed by atoms with Crippen LogP contribution in [0.15, 0.2) is 12.4 Å². The van der Waals surface area contributed by atoms with Crippen LogP contribution < -0.4 is 0 Å².